The lowest BCUT2D eigenvalue weighted by Crippen LogP contribution is -2.63. The molecule has 3 aliphatic heterocycles. The Balaban J connectivity index is 1.50. The lowest BCUT2D eigenvalue weighted by molar-refractivity contribution is -0.304. The Bertz CT molecular complexity index is 2070. The monoisotopic (exact) mass is 941 g/mol. The molecule has 17 heteroatoms. The van der Waals surface area contributed by atoms with Crippen molar-refractivity contribution >= 4 is 11.8 Å². The van der Waals surface area contributed by atoms with Gasteiger partial charge in [-0.1, -0.05) is 49.8 Å². The number of rotatable bonds is 13. The number of benzene rings is 1. The number of likely N-dealkylation sites (N-methyl/N-ethyl adjacent to an activating group) is 1. The van der Waals surface area contributed by atoms with E-state index in [2.05, 4.69) is 36.3 Å². The number of hydrogen-bond acceptors (Lipinski definition) is 16. The Kier molecular flexibility index (Phi) is 19.2. The zero-order valence-electron chi connectivity index (χ0n) is 41.6. The number of aliphatic hydroxyl groups excluding tert-OH is 4. The van der Waals surface area contributed by atoms with Gasteiger partial charge in [0.2, 0.25) is 5.76 Å². The highest BCUT2D eigenvalue weighted by Crippen LogP contribution is 2.36. The third-order valence-electron chi connectivity index (χ3n) is 13.8. The van der Waals surface area contributed by atoms with Crippen LogP contribution in [-0.2, 0) is 49.3 Å². The predicted octanol–water partition coefficient (Wildman–Crippen LogP) is 4.72. The minimum absolute atomic E-state index is 0.0319. The predicted molar refractivity (Wildman–Crippen MR) is 249 cm³/mol. The molecule has 0 bridgehead atoms. The van der Waals surface area contributed by atoms with E-state index in [-0.39, 0.29) is 24.1 Å². The second kappa shape index (κ2) is 23.9. The molecule has 3 unspecified atom stereocenters. The molecule has 1 fully saturated rings. The number of methoxy groups -OCH3 is 2. The van der Waals surface area contributed by atoms with Gasteiger partial charge < -0.3 is 58.5 Å². The molecular weight excluding hydrogens is 865 g/mol. The zero-order valence-corrected chi connectivity index (χ0v) is 41.6. The highest BCUT2D eigenvalue weighted by atomic mass is 16.7. The van der Waals surface area contributed by atoms with Crippen LogP contribution >= 0.6 is 0 Å². The van der Waals surface area contributed by atoms with Gasteiger partial charge in [0.05, 0.1) is 50.2 Å². The van der Waals surface area contributed by atoms with Crippen LogP contribution in [0.1, 0.15) is 83.9 Å². The summed E-state index contributed by atoms with van der Waals surface area (Å²) in [6.07, 6.45) is -1.99. The molecule has 1 saturated heterocycles. The van der Waals surface area contributed by atoms with E-state index in [1.807, 2.05) is 40.0 Å². The minimum Gasteiger partial charge on any atom is -0.492 e. The summed E-state index contributed by atoms with van der Waals surface area (Å²) in [5.74, 6) is -2.90. The van der Waals surface area contributed by atoms with Crippen molar-refractivity contribution in [2.24, 2.45) is 23.7 Å². The molecule has 1 aromatic carbocycles. The number of aryl methyl sites for hydroxylation is 4. The summed E-state index contributed by atoms with van der Waals surface area (Å²) in [7, 11) is 6.38. The maximum absolute atomic E-state index is 14.1. The van der Waals surface area contributed by atoms with Gasteiger partial charge in [-0.25, -0.2) is 0 Å². The number of carbonyl (C=O) groups excluding carboxylic acids is 2. The summed E-state index contributed by atoms with van der Waals surface area (Å²) in [4.78, 5) is 29.7. The van der Waals surface area contributed by atoms with Gasteiger partial charge in [0.25, 0.3) is 0 Å². The largest absolute Gasteiger partial charge is 0.492 e. The number of ether oxygens (including phenoxy) is 7. The molecule has 374 valence electrons. The first-order valence-electron chi connectivity index (χ1n) is 23.6. The molecule has 67 heavy (non-hydrogen) atoms. The second-order valence-electron chi connectivity index (χ2n) is 19.1. The van der Waals surface area contributed by atoms with E-state index in [1.54, 1.807) is 50.5 Å². The molecule has 17 nitrogen and oxygen atoms in total. The summed E-state index contributed by atoms with van der Waals surface area (Å²) in [6.45, 7) is 17.2. The van der Waals surface area contributed by atoms with Crippen molar-refractivity contribution in [2.75, 3.05) is 34.9 Å². The summed E-state index contributed by atoms with van der Waals surface area (Å²) >= 11 is 0. The van der Waals surface area contributed by atoms with Crippen LogP contribution in [0.5, 0.6) is 0 Å². The summed E-state index contributed by atoms with van der Waals surface area (Å²) in [5, 5.41) is 54.4. The number of ketones is 1. The Morgan fingerprint density at radius 3 is 2.25 bits per heavy atom. The summed E-state index contributed by atoms with van der Waals surface area (Å²) in [5.41, 5.74) is 5.81. The molecule has 0 saturated carbocycles. The molecule has 1 aromatic heterocycles. The first-order chi connectivity index (χ1) is 31.7. The van der Waals surface area contributed by atoms with Crippen LogP contribution in [0.4, 0.5) is 0 Å². The number of hydrogen-bond donors (Lipinski definition) is 4. The molecule has 0 amide bonds. The number of aromatic nitrogens is 3. The smallest absolute Gasteiger partial charge is 0.322 e. The third-order valence-corrected chi connectivity index (χ3v) is 13.8. The van der Waals surface area contributed by atoms with Crippen molar-refractivity contribution in [3.05, 3.63) is 70.5 Å². The Morgan fingerprint density at radius 2 is 1.60 bits per heavy atom. The van der Waals surface area contributed by atoms with Crippen LogP contribution in [0.3, 0.4) is 0 Å². The van der Waals surface area contributed by atoms with Crippen LogP contribution in [0.15, 0.2) is 53.8 Å². The van der Waals surface area contributed by atoms with E-state index in [0.717, 1.165) is 22.4 Å². The zero-order chi connectivity index (χ0) is 49.4. The van der Waals surface area contributed by atoms with Crippen molar-refractivity contribution in [3.8, 4) is 11.3 Å². The van der Waals surface area contributed by atoms with Gasteiger partial charge in [-0.15, -0.1) is 5.10 Å². The quantitative estimate of drug-likeness (QED) is 0.200. The van der Waals surface area contributed by atoms with E-state index in [0.29, 0.717) is 31.4 Å². The highest BCUT2D eigenvalue weighted by Gasteiger charge is 2.47. The molecule has 5 rings (SSSR count). The standard InChI is InChI=1S/C50H76N4O13/c1-14-40-35(25-63-50-48(62-13)47(61-12)44(59)33(9)65-50)19-26(2)15-16-38(55)30(6)21-34(17-18-54-24-37(51-52-54)36-22-28(4)27(3)20-29(36)5)46(31(7)39(56)23-41(57)66-40)67-49-45(60)42(53(10)11)43(58)32(8)64-49/h15-16,19-20,22,24,30-35,39-40,42-47,49,56,58-60H,14,17-18,21,23,25H2,1-13H3/b16-15+,26-19+/t30-,31+,32-,33?,34+,35-,39-,40-,42?,43-,44-,45?,46-,47+,49+/m1/s1. The molecule has 0 radical (unpaired) electrons. The minimum atomic E-state index is -1.30. The Hall–Kier alpha value is -4.20. The van der Waals surface area contributed by atoms with Gasteiger partial charge in [-0.05, 0) is 110 Å². The van der Waals surface area contributed by atoms with E-state index in [1.165, 1.54) is 25.9 Å². The normalized spacial score (nSPS) is 35.1. The number of carbonyl (C=O) groups is 2. The second-order valence-corrected chi connectivity index (χ2v) is 19.1. The average Bonchev–Trinajstić information content (AvgIpc) is 3.75. The van der Waals surface area contributed by atoms with Gasteiger partial charge in [-0.3, -0.25) is 14.3 Å². The molecule has 2 aromatic rings. The summed E-state index contributed by atoms with van der Waals surface area (Å²) in [6, 6.07) is 3.50. The number of esters is 1. The van der Waals surface area contributed by atoms with Crippen molar-refractivity contribution in [2.45, 2.75) is 162 Å². The number of cyclic esters (lactones) is 1. The fourth-order valence-electron chi connectivity index (χ4n) is 9.45. The van der Waals surface area contributed by atoms with Crippen molar-refractivity contribution in [1.29, 1.82) is 0 Å². The Morgan fingerprint density at radius 1 is 0.896 bits per heavy atom. The lowest BCUT2D eigenvalue weighted by Gasteiger charge is -2.46. The molecule has 15 atom stereocenters. The van der Waals surface area contributed by atoms with Crippen LogP contribution < -0.4 is 0 Å². The fourth-order valence-corrected chi connectivity index (χ4v) is 9.45. The highest BCUT2D eigenvalue weighted by molar-refractivity contribution is 5.91. The van der Waals surface area contributed by atoms with E-state index >= 15 is 0 Å². The van der Waals surface area contributed by atoms with Crippen molar-refractivity contribution < 1.29 is 63.2 Å². The molecule has 3 aliphatic rings. The van der Waals surface area contributed by atoms with Gasteiger partial charge in [0.15, 0.2) is 18.2 Å². The van der Waals surface area contributed by atoms with Crippen LogP contribution in [-0.4, -0.2) is 154 Å². The fraction of sp³-hybridized carbons (Fsp3) is 0.680. The number of allylic oxidation sites excluding steroid dienone is 3. The van der Waals surface area contributed by atoms with Gasteiger partial charge in [0.1, 0.15) is 36.7 Å². The van der Waals surface area contributed by atoms with Gasteiger partial charge in [-0.2, -0.15) is 0 Å². The lowest BCUT2D eigenvalue weighted by atomic mass is 9.79. The van der Waals surface area contributed by atoms with Gasteiger partial charge in [0, 0.05) is 37.0 Å². The van der Waals surface area contributed by atoms with E-state index in [4.69, 9.17) is 33.2 Å². The maximum atomic E-state index is 14.1. The molecule has 4 N–H and O–H groups in total. The maximum Gasteiger partial charge on any atom is 0.322 e. The molecule has 0 spiro atoms. The van der Waals surface area contributed by atoms with Gasteiger partial charge >= 0.3 is 11.9 Å². The third kappa shape index (κ3) is 13.1. The topological polar surface area (TPSA) is 214 Å². The first kappa shape index (κ1) is 53.8. The Labute approximate surface area is 396 Å². The number of aliphatic hydroxyl groups is 4. The van der Waals surface area contributed by atoms with Crippen LogP contribution in [0.25, 0.3) is 11.3 Å². The van der Waals surface area contributed by atoms with E-state index < -0.39 is 103 Å². The molecule has 0 aliphatic carbocycles. The van der Waals surface area contributed by atoms with Crippen LogP contribution in [0, 0.1) is 44.4 Å². The van der Waals surface area contributed by atoms with Crippen molar-refractivity contribution in [1.82, 2.24) is 19.9 Å². The van der Waals surface area contributed by atoms with Crippen molar-refractivity contribution in [3.63, 3.8) is 0 Å². The molecular formula is C50H76N4O13. The molecule has 4 heterocycles. The first-order valence-corrected chi connectivity index (χ1v) is 23.6. The SMILES string of the molecule is CC[C@H]1OC(=O)C[C@@H](O)[C@H](C)[C@@H](O[C@@H]2O[C@H](C)[C@@H](O)C(N(C)C)C2O)[C@@H](CCn2cc(-c3cc(C)c(C)cc3C)nn2)C[C@@H](C)C(=O)/C=C/C(C)=C/[C@@H]1COC1=C(OC)[C@@H](OC)[C@H](O)C(C)O1. The number of nitrogens with zero attached hydrogens (tertiary/aromatic N) is 4. The average molecular weight is 941 g/mol. The summed E-state index contributed by atoms with van der Waals surface area (Å²) < 4.78 is 44.0. The van der Waals surface area contributed by atoms with E-state index in [9.17, 15) is 30.0 Å². The van der Waals surface area contributed by atoms with Crippen LogP contribution in [0.2, 0.25) is 0 Å².